The van der Waals surface area contributed by atoms with Crippen molar-refractivity contribution < 1.29 is 9.53 Å². The molecule has 0 N–H and O–H groups in total. The first-order valence-corrected chi connectivity index (χ1v) is 6.30. The predicted molar refractivity (Wildman–Crippen MR) is 71.1 cm³/mol. The fourth-order valence-electron chi connectivity index (χ4n) is 2.37. The second-order valence-corrected chi connectivity index (χ2v) is 4.56. The minimum atomic E-state index is -0.178. The van der Waals surface area contributed by atoms with Gasteiger partial charge in [0, 0.05) is 19.6 Å². The molecule has 0 saturated heterocycles. The lowest BCUT2D eigenvalue weighted by Gasteiger charge is -2.15. The summed E-state index contributed by atoms with van der Waals surface area (Å²) in [5.41, 5.74) is 3.33. The maximum absolute atomic E-state index is 11.7. The molecule has 0 spiro atoms. The summed E-state index contributed by atoms with van der Waals surface area (Å²) < 4.78 is 4.84. The van der Waals surface area contributed by atoms with Gasteiger partial charge in [0.15, 0.2) is 0 Å². The van der Waals surface area contributed by atoms with Crippen molar-refractivity contribution in [1.29, 1.82) is 0 Å². The van der Waals surface area contributed by atoms with Crippen molar-refractivity contribution >= 4 is 5.97 Å². The summed E-state index contributed by atoms with van der Waals surface area (Å²) in [6, 6.07) is 10.3. The maximum atomic E-state index is 11.7. The van der Waals surface area contributed by atoms with Crippen LogP contribution >= 0.6 is 0 Å². The highest BCUT2D eigenvalue weighted by Gasteiger charge is 2.25. The zero-order valence-electron chi connectivity index (χ0n) is 11.0. The number of methoxy groups -OCH3 is 1. The van der Waals surface area contributed by atoms with Gasteiger partial charge in [-0.15, -0.1) is 0 Å². The van der Waals surface area contributed by atoms with Crippen LogP contribution in [-0.4, -0.2) is 31.1 Å². The highest BCUT2D eigenvalue weighted by molar-refractivity contribution is 5.90. The monoisotopic (exact) mass is 245 g/mol. The van der Waals surface area contributed by atoms with Gasteiger partial charge in [0.2, 0.25) is 0 Å². The highest BCUT2D eigenvalue weighted by Crippen LogP contribution is 2.22. The van der Waals surface area contributed by atoms with E-state index >= 15 is 0 Å². The number of esters is 1. The van der Waals surface area contributed by atoms with Crippen molar-refractivity contribution in [3.63, 3.8) is 0 Å². The van der Waals surface area contributed by atoms with Gasteiger partial charge in [-0.2, -0.15) is 0 Å². The highest BCUT2D eigenvalue weighted by atomic mass is 16.5. The molecule has 0 fully saturated rings. The van der Waals surface area contributed by atoms with Crippen molar-refractivity contribution in [3.05, 3.63) is 47.0 Å². The molecule has 0 aliphatic carbocycles. The average Bonchev–Trinajstić information content (AvgIpc) is 2.82. The Balaban J connectivity index is 2.03. The summed E-state index contributed by atoms with van der Waals surface area (Å²) in [6.07, 6.45) is 0.912. The molecule has 2 rings (SSSR count). The molecule has 3 heteroatoms. The first-order valence-electron chi connectivity index (χ1n) is 6.30. The molecule has 18 heavy (non-hydrogen) atoms. The molecule has 1 aliphatic rings. The van der Waals surface area contributed by atoms with Crippen molar-refractivity contribution in [2.45, 2.75) is 19.9 Å². The molecule has 1 aliphatic heterocycles. The second kappa shape index (κ2) is 5.83. The van der Waals surface area contributed by atoms with Crippen LogP contribution in [0.2, 0.25) is 0 Å². The summed E-state index contributed by atoms with van der Waals surface area (Å²) in [7, 11) is 1.45. The van der Waals surface area contributed by atoms with E-state index in [2.05, 4.69) is 24.0 Å². The summed E-state index contributed by atoms with van der Waals surface area (Å²) in [5.74, 6) is -0.178. The maximum Gasteiger partial charge on any atom is 0.335 e. The van der Waals surface area contributed by atoms with Crippen LogP contribution in [0.5, 0.6) is 0 Å². The van der Waals surface area contributed by atoms with Gasteiger partial charge < -0.3 is 4.74 Å². The number of carbonyl (C=O) groups is 1. The lowest BCUT2D eigenvalue weighted by molar-refractivity contribution is -0.136. The Morgan fingerprint density at radius 3 is 2.61 bits per heavy atom. The zero-order chi connectivity index (χ0) is 13.0. The van der Waals surface area contributed by atoms with Gasteiger partial charge in [-0.25, -0.2) is 4.79 Å². The molecule has 0 bridgehead atoms. The Labute approximate surface area is 108 Å². The van der Waals surface area contributed by atoms with Crippen LogP contribution in [0.15, 0.2) is 41.5 Å². The Bertz CT molecular complexity index is 451. The van der Waals surface area contributed by atoms with Crippen molar-refractivity contribution in [1.82, 2.24) is 4.90 Å². The number of nitrogens with zero attached hydrogens (tertiary/aromatic N) is 1. The molecule has 0 atom stereocenters. The number of rotatable bonds is 4. The Kier molecular flexibility index (Phi) is 4.15. The van der Waals surface area contributed by atoms with Gasteiger partial charge in [0.25, 0.3) is 0 Å². The lowest BCUT2D eigenvalue weighted by Crippen LogP contribution is -2.22. The minimum Gasteiger partial charge on any atom is -0.466 e. The fraction of sp³-hybridized carbons (Fsp3) is 0.400. The third-order valence-corrected chi connectivity index (χ3v) is 3.33. The van der Waals surface area contributed by atoms with Crippen LogP contribution in [0.4, 0.5) is 0 Å². The summed E-state index contributed by atoms with van der Waals surface area (Å²) >= 11 is 0. The molecule has 96 valence electrons. The van der Waals surface area contributed by atoms with E-state index in [-0.39, 0.29) is 5.97 Å². The first-order chi connectivity index (χ1) is 8.74. The van der Waals surface area contributed by atoms with E-state index < -0.39 is 0 Å². The van der Waals surface area contributed by atoms with E-state index in [4.69, 9.17) is 4.74 Å². The average molecular weight is 245 g/mol. The minimum absolute atomic E-state index is 0.178. The summed E-state index contributed by atoms with van der Waals surface area (Å²) in [6.45, 7) is 4.54. The van der Waals surface area contributed by atoms with Crippen LogP contribution in [0.25, 0.3) is 0 Å². The van der Waals surface area contributed by atoms with Crippen molar-refractivity contribution in [2.24, 2.45) is 0 Å². The molecule has 1 heterocycles. The molecule has 0 radical (unpaired) electrons. The van der Waals surface area contributed by atoms with Crippen LogP contribution in [-0.2, 0) is 16.1 Å². The molecular weight excluding hydrogens is 226 g/mol. The summed E-state index contributed by atoms with van der Waals surface area (Å²) in [4.78, 5) is 14.0. The number of hydrogen-bond acceptors (Lipinski definition) is 3. The SMILES string of the molecule is CCC1=C(C(=O)OC)CN(Cc2ccccc2)C1. The largest absolute Gasteiger partial charge is 0.466 e. The molecule has 3 nitrogen and oxygen atoms in total. The smallest absolute Gasteiger partial charge is 0.335 e. The molecular formula is C15H19NO2. The summed E-state index contributed by atoms with van der Waals surface area (Å²) in [5, 5.41) is 0. The van der Waals surface area contributed by atoms with E-state index in [0.29, 0.717) is 6.54 Å². The Morgan fingerprint density at radius 2 is 2.00 bits per heavy atom. The standard InChI is InChI=1S/C15H19NO2/c1-3-13-10-16(11-14(13)15(17)18-2)9-12-7-5-4-6-8-12/h4-8H,3,9-11H2,1-2H3. The van der Waals surface area contributed by atoms with Gasteiger partial charge >= 0.3 is 5.97 Å². The van der Waals surface area contributed by atoms with Gasteiger partial charge in [-0.05, 0) is 17.6 Å². The number of carbonyl (C=O) groups excluding carboxylic acids is 1. The van der Waals surface area contributed by atoms with E-state index in [1.54, 1.807) is 0 Å². The van der Waals surface area contributed by atoms with E-state index in [9.17, 15) is 4.79 Å². The van der Waals surface area contributed by atoms with Crippen molar-refractivity contribution in [3.8, 4) is 0 Å². The molecule has 0 amide bonds. The van der Waals surface area contributed by atoms with Gasteiger partial charge in [-0.1, -0.05) is 37.3 Å². The van der Waals surface area contributed by atoms with E-state index in [1.807, 2.05) is 18.2 Å². The Hall–Kier alpha value is -1.61. The third kappa shape index (κ3) is 2.79. The number of hydrogen-bond donors (Lipinski definition) is 0. The third-order valence-electron chi connectivity index (χ3n) is 3.33. The molecule has 1 aromatic carbocycles. The zero-order valence-corrected chi connectivity index (χ0v) is 11.0. The van der Waals surface area contributed by atoms with Crippen LogP contribution in [0.1, 0.15) is 18.9 Å². The predicted octanol–water partition coefficient (Wildman–Crippen LogP) is 2.38. The van der Waals surface area contributed by atoms with Crippen molar-refractivity contribution in [2.75, 3.05) is 20.2 Å². The molecule has 0 aromatic heterocycles. The van der Waals surface area contributed by atoms with Crippen LogP contribution < -0.4 is 0 Å². The van der Waals surface area contributed by atoms with E-state index in [0.717, 1.165) is 25.1 Å². The van der Waals surface area contributed by atoms with Crippen LogP contribution in [0.3, 0.4) is 0 Å². The Morgan fingerprint density at radius 1 is 1.28 bits per heavy atom. The lowest BCUT2D eigenvalue weighted by atomic mass is 10.1. The second-order valence-electron chi connectivity index (χ2n) is 4.56. The van der Waals surface area contributed by atoms with Gasteiger partial charge in [-0.3, -0.25) is 4.90 Å². The fourth-order valence-corrected chi connectivity index (χ4v) is 2.37. The molecule has 1 aromatic rings. The molecule has 0 saturated carbocycles. The quantitative estimate of drug-likeness (QED) is 0.763. The van der Waals surface area contributed by atoms with Gasteiger partial charge in [0.05, 0.1) is 12.7 Å². The number of ether oxygens (including phenoxy) is 1. The van der Waals surface area contributed by atoms with Gasteiger partial charge in [0.1, 0.15) is 0 Å². The number of benzene rings is 1. The first kappa shape index (κ1) is 12.8. The molecule has 0 unspecified atom stereocenters. The topological polar surface area (TPSA) is 29.5 Å². The normalized spacial score (nSPS) is 16.1. The van der Waals surface area contributed by atoms with Crippen LogP contribution in [0, 0.1) is 0 Å². The van der Waals surface area contributed by atoms with E-state index in [1.165, 1.54) is 18.2 Å².